The lowest BCUT2D eigenvalue weighted by Crippen LogP contribution is -2.07. The van der Waals surface area contributed by atoms with Gasteiger partial charge >= 0.3 is 0 Å². The zero-order valence-corrected chi connectivity index (χ0v) is 10.2. The summed E-state index contributed by atoms with van der Waals surface area (Å²) in [7, 11) is 1.74. The van der Waals surface area contributed by atoms with Crippen molar-refractivity contribution in [1.82, 2.24) is 9.78 Å². The zero-order chi connectivity index (χ0) is 12.7. The van der Waals surface area contributed by atoms with E-state index in [9.17, 15) is 4.79 Å². The summed E-state index contributed by atoms with van der Waals surface area (Å²) in [6.45, 7) is 2.01. The summed E-state index contributed by atoms with van der Waals surface area (Å²) in [6.07, 6.45) is 1.60. The first-order chi connectivity index (χ1) is 8.65. The summed E-state index contributed by atoms with van der Waals surface area (Å²) in [5.74, 6) is 0.197. The van der Waals surface area contributed by atoms with E-state index in [1.165, 1.54) is 0 Å². The predicted molar refractivity (Wildman–Crippen MR) is 67.6 cm³/mol. The smallest absolute Gasteiger partial charge is 0.246 e. The van der Waals surface area contributed by atoms with Crippen LogP contribution in [0.15, 0.2) is 40.9 Å². The van der Waals surface area contributed by atoms with Crippen molar-refractivity contribution in [2.24, 2.45) is 7.05 Å². The van der Waals surface area contributed by atoms with Gasteiger partial charge in [-0.3, -0.25) is 9.48 Å². The Hall–Kier alpha value is -2.36. The highest BCUT2D eigenvalue weighted by atomic mass is 16.3. The minimum absolute atomic E-state index is 0.149. The van der Waals surface area contributed by atoms with Crippen LogP contribution in [-0.2, 0) is 7.05 Å². The average molecular weight is 240 g/mol. The lowest BCUT2D eigenvalue weighted by molar-refractivity contribution is 0.100. The topological polar surface area (TPSA) is 48.0 Å². The van der Waals surface area contributed by atoms with Gasteiger partial charge in [-0.25, -0.2) is 0 Å². The molecule has 0 unspecified atom stereocenters. The molecule has 1 aromatic carbocycles. The molecule has 4 heteroatoms. The number of ketones is 1. The Labute approximate surface area is 104 Å². The van der Waals surface area contributed by atoms with Crippen molar-refractivity contribution in [3.63, 3.8) is 0 Å². The average Bonchev–Trinajstić information content (AvgIpc) is 2.93. The molecule has 0 spiro atoms. The molecule has 0 aliphatic carbocycles. The molecule has 0 fully saturated rings. The van der Waals surface area contributed by atoms with Gasteiger partial charge in [-0.2, -0.15) is 5.10 Å². The number of hydrogen-bond donors (Lipinski definition) is 0. The Morgan fingerprint density at radius 2 is 2.11 bits per heavy atom. The largest absolute Gasteiger partial charge is 0.453 e. The van der Waals surface area contributed by atoms with E-state index < -0.39 is 0 Å². The van der Waals surface area contributed by atoms with Crippen LogP contribution in [0.25, 0.3) is 11.0 Å². The van der Waals surface area contributed by atoms with Gasteiger partial charge in [-0.05, 0) is 31.2 Å². The molecule has 0 amide bonds. The van der Waals surface area contributed by atoms with Crippen LogP contribution in [0.1, 0.15) is 21.8 Å². The Balaban J connectivity index is 2.10. The lowest BCUT2D eigenvalue weighted by Gasteiger charge is -1.96. The molecule has 0 bridgehead atoms. The third kappa shape index (κ3) is 1.62. The number of rotatable bonds is 2. The first-order valence-electron chi connectivity index (χ1n) is 5.68. The minimum Gasteiger partial charge on any atom is -0.453 e. The van der Waals surface area contributed by atoms with Gasteiger partial charge in [0.1, 0.15) is 11.3 Å². The number of nitrogens with zero attached hydrogens (tertiary/aromatic N) is 2. The van der Waals surface area contributed by atoms with Crippen molar-refractivity contribution in [2.75, 3.05) is 0 Å². The quantitative estimate of drug-likeness (QED) is 0.647. The first-order valence-corrected chi connectivity index (χ1v) is 5.68. The molecule has 90 valence electrons. The monoisotopic (exact) mass is 240 g/mol. The zero-order valence-electron chi connectivity index (χ0n) is 10.2. The number of carbonyl (C=O) groups excluding carboxylic acids is 1. The van der Waals surface area contributed by atoms with Gasteiger partial charge in [0, 0.05) is 18.6 Å². The molecule has 0 N–H and O–H groups in total. The van der Waals surface area contributed by atoms with Crippen LogP contribution in [0.5, 0.6) is 0 Å². The van der Waals surface area contributed by atoms with Crippen LogP contribution in [0.4, 0.5) is 0 Å². The maximum absolute atomic E-state index is 12.2. The van der Waals surface area contributed by atoms with Crippen LogP contribution in [0, 0.1) is 6.92 Å². The fourth-order valence-corrected chi connectivity index (χ4v) is 2.00. The number of carbonyl (C=O) groups is 1. The lowest BCUT2D eigenvalue weighted by atomic mass is 10.1. The molecular formula is C14H12N2O2. The molecule has 3 rings (SSSR count). The van der Waals surface area contributed by atoms with E-state index in [2.05, 4.69) is 5.10 Å². The molecule has 0 aliphatic heterocycles. The molecule has 0 radical (unpaired) electrons. The highest BCUT2D eigenvalue weighted by molar-refractivity contribution is 6.07. The van der Waals surface area contributed by atoms with Crippen molar-refractivity contribution in [2.45, 2.75) is 6.92 Å². The van der Waals surface area contributed by atoms with Gasteiger partial charge in [-0.15, -0.1) is 0 Å². The third-order valence-corrected chi connectivity index (χ3v) is 2.95. The summed E-state index contributed by atoms with van der Waals surface area (Å²) in [4.78, 5) is 12.2. The van der Waals surface area contributed by atoms with E-state index in [0.717, 1.165) is 16.5 Å². The van der Waals surface area contributed by atoms with E-state index in [1.807, 2.05) is 25.1 Å². The van der Waals surface area contributed by atoms with Crippen LogP contribution in [-0.4, -0.2) is 15.6 Å². The van der Waals surface area contributed by atoms with Crippen LogP contribution >= 0.6 is 0 Å². The van der Waals surface area contributed by atoms with E-state index in [4.69, 9.17) is 4.42 Å². The fraction of sp³-hybridized carbons (Fsp3) is 0.143. The maximum atomic E-state index is 12.2. The number of hydrogen-bond acceptors (Lipinski definition) is 3. The van der Waals surface area contributed by atoms with Gasteiger partial charge < -0.3 is 4.42 Å². The number of furan rings is 1. The second-order valence-electron chi connectivity index (χ2n) is 4.32. The van der Waals surface area contributed by atoms with Gasteiger partial charge in [0.2, 0.25) is 5.78 Å². The summed E-state index contributed by atoms with van der Waals surface area (Å²) in [5.41, 5.74) is 2.39. The van der Waals surface area contributed by atoms with Gasteiger partial charge in [0.05, 0.1) is 0 Å². The Kier molecular flexibility index (Phi) is 2.30. The van der Waals surface area contributed by atoms with Crippen molar-refractivity contribution in [3.05, 3.63) is 53.5 Å². The second kappa shape index (κ2) is 3.84. The Morgan fingerprint density at radius 1 is 1.28 bits per heavy atom. The summed E-state index contributed by atoms with van der Waals surface area (Å²) in [5, 5.41) is 4.93. The summed E-state index contributed by atoms with van der Waals surface area (Å²) >= 11 is 0. The van der Waals surface area contributed by atoms with Gasteiger partial charge in [-0.1, -0.05) is 11.6 Å². The Bertz CT molecular complexity index is 737. The molecule has 2 aromatic heterocycles. The standard InChI is InChI=1S/C14H12N2O2/c1-9-3-4-12-10(7-9)8-13(18-12)14(17)11-5-6-15-16(11)2/h3-8H,1-2H3. The predicted octanol–water partition coefficient (Wildman–Crippen LogP) is 2.71. The van der Waals surface area contributed by atoms with Crippen LogP contribution < -0.4 is 0 Å². The fourth-order valence-electron chi connectivity index (χ4n) is 2.00. The highest BCUT2D eigenvalue weighted by Gasteiger charge is 2.17. The van der Waals surface area contributed by atoms with Gasteiger partial charge in [0.15, 0.2) is 5.76 Å². The van der Waals surface area contributed by atoms with Crippen molar-refractivity contribution < 1.29 is 9.21 Å². The van der Waals surface area contributed by atoms with E-state index in [1.54, 1.807) is 30.1 Å². The normalized spacial score (nSPS) is 11.0. The minimum atomic E-state index is -0.149. The number of fused-ring (bicyclic) bond motifs is 1. The van der Waals surface area contributed by atoms with Crippen molar-refractivity contribution >= 4 is 16.8 Å². The molecule has 0 atom stereocenters. The van der Waals surface area contributed by atoms with E-state index in [-0.39, 0.29) is 5.78 Å². The molecule has 0 saturated carbocycles. The van der Waals surface area contributed by atoms with E-state index >= 15 is 0 Å². The molecule has 18 heavy (non-hydrogen) atoms. The number of aryl methyl sites for hydroxylation is 2. The van der Waals surface area contributed by atoms with Gasteiger partial charge in [0.25, 0.3) is 0 Å². The molecule has 2 heterocycles. The SMILES string of the molecule is Cc1ccc2oc(C(=O)c3ccnn3C)cc2c1. The molecule has 3 aromatic rings. The van der Waals surface area contributed by atoms with Crippen LogP contribution in [0.3, 0.4) is 0 Å². The number of benzene rings is 1. The molecule has 0 saturated heterocycles. The number of aromatic nitrogens is 2. The van der Waals surface area contributed by atoms with Crippen molar-refractivity contribution in [1.29, 1.82) is 0 Å². The third-order valence-electron chi connectivity index (χ3n) is 2.95. The molecular weight excluding hydrogens is 228 g/mol. The highest BCUT2D eigenvalue weighted by Crippen LogP contribution is 2.22. The first kappa shape index (κ1) is 10.8. The molecule has 0 aliphatic rings. The van der Waals surface area contributed by atoms with E-state index in [0.29, 0.717) is 11.5 Å². The maximum Gasteiger partial charge on any atom is 0.246 e. The summed E-state index contributed by atoms with van der Waals surface area (Å²) < 4.78 is 7.12. The Morgan fingerprint density at radius 3 is 2.83 bits per heavy atom. The second-order valence-corrected chi connectivity index (χ2v) is 4.32. The van der Waals surface area contributed by atoms with Crippen molar-refractivity contribution in [3.8, 4) is 0 Å². The summed E-state index contributed by atoms with van der Waals surface area (Å²) in [6, 6.07) is 9.30. The van der Waals surface area contributed by atoms with Crippen LogP contribution in [0.2, 0.25) is 0 Å². The molecule has 4 nitrogen and oxygen atoms in total.